The number of hydrogen-bond acceptors (Lipinski definition) is 4. The van der Waals surface area contributed by atoms with Crippen LogP contribution in [0.5, 0.6) is 5.75 Å². The molecule has 6 nitrogen and oxygen atoms in total. The number of carbonyl (C=O) groups is 2. The van der Waals surface area contributed by atoms with Crippen molar-refractivity contribution in [3.63, 3.8) is 0 Å². The van der Waals surface area contributed by atoms with Gasteiger partial charge in [-0.25, -0.2) is 0 Å². The Morgan fingerprint density at radius 3 is 2.57 bits per heavy atom. The molecule has 1 saturated carbocycles. The molecule has 1 aromatic rings. The smallest absolute Gasteiger partial charge is 0.307 e. The minimum Gasteiger partial charge on any atom is -0.495 e. The highest BCUT2D eigenvalue weighted by atomic mass is 16.5. The van der Waals surface area contributed by atoms with Crippen molar-refractivity contribution in [2.45, 2.75) is 19.3 Å². The van der Waals surface area contributed by atoms with Gasteiger partial charge in [-0.3, -0.25) is 9.59 Å². The van der Waals surface area contributed by atoms with E-state index in [1.807, 2.05) is 0 Å². The Morgan fingerprint density at radius 2 is 2.05 bits per heavy atom. The molecule has 0 aromatic heterocycles. The van der Waals surface area contributed by atoms with Crippen LogP contribution in [0.1, 0.15) is 18.4 Å². The first-order chi connectivity index (χ1) is 10.1. The van der Waals surface area contributed by atoms with E-state index in [0.717, 1.165) is 5.56 Å². The van der Waals surface area contributed by atoms with Gasteiger partial charge in [-0.15, -0.1) is 0 Å². The van der Waals surface area contributed by atoms with Crippen LogP contribution in [0, 0.1) is 11.8 Å². The van der Waals surface area contributed by atoms with E-state index < -0.39 is 17.8 Å². The van der Waals surface area contributed by atoms with Crippen molar-refractivity contribution in [2.24, 2.45) is 11.8 Å². The second-order valence-corrected chi connectivity index (χ2v) is 5.13. The molecule has 0 saturated heterocycles. The lowest BCUT2D eigenvalue weighted by Gasteiger charge is -2.32. The largest absolute Gasteiger partial charge is 0.495 e. The average Bonchev–Trinajstić information content (AvgIpc) is 2.38. The maximum Gasteiger partial charge on any atom is 0.307 e. The molecule has 2 atom stereocenters. The molecule has 1 aliphatic rings. The number of carbonyl (C=O) groups excluding carboxylic acids is 1. The number of aliphatic hydroxyl groups is 1. The summed E-state index contributed by atoms with van der Waals surface area (Å²) in [6, 6.07) is 5.25. The number of nitrogens with one attached hydrogen (secondary N) is 1. The molecule has 6 heteroatoms. The Hall–Kier alpha value is -2.08. The number of amides is 1. The molecule has 114 valence electrons. The van der Waals surface area contributed by atoms with Crippen LogP contribution >= 0.6 is 0 Å². The second kappa shape index (κ2) is 6.58. The summed E-state index contributed by atoms with van der Waals surface area (Å²) in [5.74, 6) is -1.79. The Kier molecular flexibility index (Phi) is 4.80. The third kappa shape index (κ3) is 3.33. The van der Waals surface area contributed by atoms with Crippen LogP contribution in [0.15, 0.2) is 18.2 Å². The molecular weight excluding hydrogens is 274 g/mol. The van der Waals surface area contributed by atoms with Gasteiger partial charge >= 0.3 is 5.97 Å². The number of carboxylic acids is 1. The molecule has 0 unspecified atom stereocenters. The molecule has 1 fully saturated rings. The fraction of sp³-hybridized carbons (Fsp3) is 0.467. The van der Waals surface area contributed by atoms with E-state index in [0.29, 0.717) is 30.7 Å². The third-order valence-electron chi connectivity index (χ3n) is 3.85. The predicted molar refractivity (Wildman–Crippen MR) is 76.3 cm³/mol. The number of aliphatic hydroxyl groups excluding tert-OH is 1. The van der Waals surface area contributed by atoms with E-state index in [9.17, 15) is 9.59 Å². The summed E-state index contributed by atoms with van der Waals surface area (Å²) >= 11 is 0. The average molecular weight is 293 g/mol. The maximum atomic E-state index is 12.1. The second-order valence-electron chi connectivity index (χ2n) is 5.13. The van der Waals surface area contributed by atoms with Gasteiger partial charge in [0.1, 0.15) is 5.75 Å². The van der Waals surface area contributed by atoms with Gasteiger partial charge in [0.05, 0.1) is 24.6 Å². The van der Waals surface area contributed by atoms with Crippen molar-refractivity contribution < 1.29 is 24.5 Å². The summed E-state index contributed by atoms with van der Waals surface area (Å²) < 4.78 is 5.23. The molecule has 0 bridgehead atoms. The molecule has 1 aromatic carbocycles. The first-order valence-corrected chi connectivity index (χ1v) is 6.88. The fourth-order valence-corrected chi connectivity index (χ4v) is 2.46. The van der Waals surface area contributed by atoms with E-state index in [1.165, 1.54) is 7.11 Å². The van der Waals surface area contributed by atoms with Gasteiger partial charge in [-0.1, -0.05) is 6.07 Å². The van der Waals surface area contributed by atoms with Gasteiger partial charge in [-0.2, -0.15) is 0 Å². The maximum absolute atomic E-state index is 12.1. The molecular formula is C15H19NO5. The van der Waals surface area contributed by atoms with Crippen molar-refractivity contribution in [1.29, 1.82) is 0 Å². The topological polar surface area (TPSA) is 95.9 Å². The lowest BCUT2D eigenvalue weighted by molar-refractivity contribution is -0.151. The summed E-state index contributed by atoms with van der Waals surface area (Å²) in [6.45, 7) is 0.0389. The Morgan fingerprint density at radius 1 is 1.33 bits per heavy atom. The number of hydrogen-bond donors (Lipinski definition) is 3. The van der Waals surface area contributed by atoms with Gasteiger partial charge in [0, 0.05) is 6.61 Å². The quantitative estimate of drug-likeness (QED) is 0.734. The molecule has 1 aliphatic carbocycles. The van der Waals surface area contributed by atoms with E-state index in [2.05, 4.69) is 5.32 Å². The summed E-state index contributed by atoms with van der Waals surface area (Å²) in [5.41, 5.74) is 1.42. The highest BCUT2D eigenvalue weighted by Crippen LogP contribution is 2.36. The lowest BCUT2D eigenvalue weighted by atomic mass is 9.73. The van der Waals surface area contributed by atoms with Crippen molar-refractivity contribution in [1.82, 2.24) is 0 Å². The molecule has 0 heterocycles. The standard InChI is InChI=1S/C15H19NO5/c1-21-13-8-9(6-7-17)2-5-12(13)16-14(18)10-3-4-11(10)15(19)20/h2,5,8,10-11,17H,3-4,6-7H2,1H3,(H,16,18)(H,19,20)/t10-,11+/m1/s1. The Labute approximate surface area is 122 Å². The minimum absolute atomic E-state index is 0.0389. The van der Waals surface area contributed by atoms with Crippen LogP contribution < -0.4 is 10.1 Å². The van der Waals surface area contributed by atoms with Crippen molar-refractivity contribution >= 4 is 17.6 Å². The number of benzene rings is 1. The first kappa shape index (κ1) is 15.3. The van der Waals surface area contributed by atoms with Crippen LogP contribution in [0.25, 0.3) is 0 Å². The highest BCUT2D eigenvalue weighted by Gasteiger charge is 2.41. The zero-order chi connectivity index (χ0) is 15.4. The summed E-state index contributed by atoms with van der Waals surface area (Å²) in [7, 11) is 1.50. The van der Waals surface area contributed by atoms with Gasteiger partial charge in [0.15, 0.2) is 0 Å². The number of methoxy groups -OCH3 is 1. The first-order valence-electron chi connectivity index (χ1n) is 6.88. The van der Waals surface area contributed by atoms with E-state index in [4.69, 9.17) is 14.9 Å². The monoisotopic (exact) mass is 293 g/mol. The van der Waals surface area contributed by atoms with E-state index in [-0.39, 0.29) is 12.5 Å². The predicted octanol–water partition coefficient (Wildman–Crippen LogP) is 1.28. The third-order valence-corrected chi connectivity index (χ3v) is 3.85. The molecule has 2 rings (SSSR count). The normalized spacial score (nSPS) is 20.5. The van der Waals surface area contributed by atoms with Gasteiger partial charge in [0.2, 0.25) is 5.91 Å². The van der Waals surface area contributed by atoms with E-state index >= 15 is 0 Å². The minimum atomic E-state index is -0.924. The van der Waals surface area contributed by atoms with Gasteiger partial charge in [-0.05, 0) is 37.0 Å². The molecule has 21 heavy (non-hydrogen) atoms. The molecule has 3 N–H and O–H groups in total. The molecule has 0 spiro atoms. The zero-order valence-electron chi connectivity index (χ0n) is 11.8. The summed E-state index contributed by atoms with van der Waals surface area (Å²) in [6.07, 6.45) is 1.64. The van der Waals surface area contributed by atoms with Gasteiger partial charge < -0.3 is 20.3 Å². The Balaban J connectivity index is 2.08. The number of anilines is 1. The number of carboxylic acid groups (broad SMARTS) is 1. The van der Waals surface area contributed by atoms with Crippen LogP contribution in [0.2, 0.25) is 0 Å². The molecule has 0 aliphatic heterocycles. The van der Waals surface area contributed by atoms with Crippen molar-refractivity contribution in [2.75, 3.05) is 19.0 Å². The van der Waals surface area contributed by atoms with Crippen molar-refractivity contribution in [3.8, 4) is 5.75 Å². The number of ether oxygens (including phenoxy) is 1. The van der Waals surface area contributed by atoms with Crippen LogP contribution in [0.4, 0.5) is 5.69 Å². The van der Waals surface area contributed by atoms with Gasteiger partial charge in [0.25, 0.3) is 0 Å². The Bertz CT molecular complexity index is 543. The highest BCUT2D eigenvalue weighted by molar-refractivity contribution is 5.97. The fourth-order valence-electron chi connectivity index (χ4n) is 2.46. The molecule has 0 radical (unpaired) electrons. The van der Waals surface area contributed by atoms with Crippen LogP contribution in [-0.2, 0) is 16.0 Å². The molecule has 1 amide bonds. The summed E-state index contributed by atoms with van der Waals surface area (Å²) in [5, 5.41) is 20.6. The zero-order valence-corrected chi connectivity index (χ0v) is 11.8. The summed E-state index contributed by atoms with van der Waals surface area (Å²) in [4.78, 5) is 23.1. The number of rotatable bonds is 6. The van der Waals surface area contributed by atoms with E-state index in [1.54, 1.807) is 18.2 Å². The number of aliphatic carboxylic acids is 1. The lowest BCUT2D eigenvalue weighted by Crippen LogP contribution is -2.41. The van der Waals surface area contributed by atoms with Crippen LogP contribution in [-0.4, -0.2) is 35.8 Å². The van der Waals surface area contributed by atoms with Crippen molar-refractivity contribution in [3.05, 3.63) is 23.8 Å². The van der Waals surface area contributed by atoms with Crippen LogP contribution in [0.3, 0.4) is 0 Å². The SMILES string of the molecule is COc1cc(CCO)ccc1NC(=O)[C@@H]1CC[C@@H]1C(=O)O.